The van der Waals surface area contributed by atoms with Gasteiger partial charge < -0.3 is 5.32 Å². The van der Waals surface area contributed by atoms with Gasteiger partial charge in [-0.2, -0.15) is 0 Å². The zero-order valence-electron chi connectivity index (χ0n) is 15.1. The van der Waals surface area contributed by atoms with Gasteiger partial charge in [0.15, 0.2) is 4.96 Å². The van der Waals surface area contributed by atoms with Gasteiger partial charge in [-0.25, -0.2) is 4.98 Å². The van der Waals surface area contributed by atoms with Gasteiger partial charge in [0, 0.05) is 39.4 Å². The molecule has 4 rings (SSSR count). The van der Waals surface area contributed by atoms with Crippen LogP contribution in [0.3, 0.4) is 0 Å². The number of hydrogen-bond acceptors (Lipinski definition) is 5. The van der Waals surface area contributed by atoms with Crippen LogP contribution in [0.4, 0.5) is 5.69 Å². The van der Waals surface area contributed by atoms with E-state index in [1.54, 1.807) is 28.7 Å². The fourth-order valence-electron chi connectivity index (χ4n) is 3.55. The van der Waals surface area contributed by atoms with Crippen LogP contribution in [0.25, 0.3) is 4.96 Å². The molecule has 2 aromatic heterocycles. The summed E-state index contributed by atoms with van der Waals surface area (Å²) >= 11 is 13.5. The molecule has 0 spiro atoms. The number of nitrogens with one attached hydrogen (secondary N) is 1. The van der Waals surface area contributed by atoms with Crippen molar-refractivity contribution in [2.75, 3.05) is 11.9 Å². The molecule has 1 N–H and O–H groups in total. The van der Waals surface area contributed by atoms with E-state index in [0.29, 0.717) is 32.9 Å². The molecule has 1 atom stereocenters. The zero-order valence-corrected chi connectivity index (χ0v) is 17.4. The Labute approximate surface area is 175 Å². The van der Waals surface area contributed by atoms with Crippen molar-refractivity contribution in [3.63, 3.8) is 0 Å². The molecular weight excluding hydrogens is 419 g/mol. The third kappa shape index (κ3) is 3.93. The Morgan fingerprint density at radius 1 is 1.29 bits per heavy atom. The Morgan fingerprint density at radius 2 is 2.04 bits per heavy atom. The van der Waals surface area contributed by atoms with Crippen LogP contribution in [0.2, 0.25) is 10.0 Å². The third-order valence-electron chi connectivity index (χ3n) is 4.79. The number of rotatable bonds is 4. The molecule has 1 aliphatic heterocycles. The summed E-state index contributed by atoms with van der Waals surface area (Å²) in [4.78, 5) is 32.5. The highest BCUT2D eigenvalue weighted by Gasteiger charge is 2.31. The van der Waals surface area contributed by atoms with Gasteiger partial charge in [0.25, 0.3) is 5.56 Å². The number of benzene rings is 1. The number of anilines is 1. The lowest BCUT2D eigenvalue weighted by atomic mass is 10.2. The molecule has 9 heteroatoms. The summed E-state index contributed by atoms with van der Waals surface area (Å²) in [5.74, 6) is -0.111. The average Bonchev–Trinajstić information content (AvgIpc) is 3.21. The predicted molar refractivity (Wildman–Crippen MR) is 113 cm³/mol. The van der Waals surface area contributed by atoms with E-state index >= 15 is 0 Å². The molecule has 0 radical (unpaired) electrons. The fraction of sp³-hybridized carbons (Fsp3) is 0.316. The van der Waals surface area contributed by atoms with Gasteiger partial charge in [-0.1, -0.05) is 23.2 Å². The lowest BCUT2D eigenvalue weighted by Gasteiger charge is -2.23. The van der Waals surface area contributed by atoms with E-state index in [2.05, 4.69) is 15.2 Å². The molecule has 0 saturated carbocycles. The second-order valence-electron chi connectivity index (χ2n) is 6.86. The molecule has 6 nitrogen and oxygen atoms in total. The molecule has 1 fully saturated rings. The maximum atomic E-state index is 12.8. The third-order valence-corrected chi connectivity index (χ3v) is 6.17. The maximum Gasteiger partial charge on any atom is 0.259 e. The Morgan fingerprint density at radius 3 is 2.79 bits per heavy atom. The first-order valence-electron chi connectivity index (χ1n) is 8.88. The van der Waals surface area contributed by atoms with E-state index in [0.717, 1.165) is 25.1 Å². The molecular formula is C19H18Cl2N4O2S. The molecule has 3 aromatic rings. The first-order chi connectivity index (χ1) is 13.4. The first-order valence-corrected chi connectivity index (χ1v) is 10.5. The van der Waals surface area contributed by atoms with Crippen LogP contribution in [-0.2, 0) is 11.3 Å². The number of fused-ring (bicyclic) bond motifs is 1. The average molecular weight is 437 g/mol. The van der Waals surface area contributed by atoms with E-state index in [4.69, 9.17) is 23.2 Å². The van der Waals surface area contributed by atoms with Crippen LogP contribution in [0.15, 0.2) is 34.4 Å². The minimum Gasteiger partial charge on any atom is -0.325 e. The number of aromatic nitrogens is 2. The second-order valence-corrected chi connectivity index (χ2v) is 8.57. The van der Waals surface area contributed by atoms with Crippen molar-refractivity contribution in [2.45, 2.75) is 32.4 Å². The Bertz CT molecular complexity index is 1090. The number of aryl methyl sites for hydroxylation is 1. The van der Waals surface area contributed by atoms with E-state index < -0.39 is 0 Å². The maximum absolute atomic E-state index is 12.8. The summed E-state index contributed by atoms with van der Waals surface area (Å²) in [7, 11) is 0. The number of carbonyl (C=O) groups excluding carboxylic acids is 1. The summed E-state index contributed by atoms with van der Waals surface area (Å²) in [6.07, 6.45) is 1.66. The normalized spacial score (nSPS) is 17.3. The molecule has 28 heavy (non-hydrogen) atoms. The fourth-order valence-corrected chi connectivity index (χ4v) is 4.97. The van der Waals surface area contributed by atoms with Crippen LogP contribution in [0, 0.1) is 6.92 Å². The monoisotopic (exact) mass is 436 g/mol. The number of halogens is 2. The summed E-state index contributed by atoms with van der Waals surface area (Å²) in [6.45, 7) is 3.12. The minimum absolute atomic E-state index is 0.0903. The number of amides is 1. The summed E-state index contributed by atoms with van der Waals surface area (Å²) < 4.78 is 1.60. The molecule has 1 amide bonds. The van der Waals surface area contributed by atoms with E-state index in [9.17, 15) is 9.59 Å². The summed E-state index contributed by atoms with van der Waals surface area (Å²) in [5, 5.41) is 5.74. The number of nitrogens with zero attached hydrogens (tertiary/aromatic N) is 3. The van der Waals surface area contributed by atoms with Gasteiger partial charge in [-0.05, 0) is 44.5 Å². The van der Waals surface area contributed by atoms with Crippen LogP contribution < -0.4 is 10.9 Å². The van der Waals surface area contributed by atoms with Crippen LogP contribution in [0.1, 0.15) is 24.2 Å². The quantitative estimate of drug-likeness (QED) is 0.671. The van der Waals surface area contributed by atoms with Crippen molar-refractivity contribution in [1.29, 1.82) is 0 Å². The number of thiazole rings is 1. The summed E-state index contributed by atoms with van der Waals surface area (Å²) in [6, 6.07) is 6.22. The van der Waals surface area contributed by atoms with Gasteiger partial charge in [0.1, 0.15) is 0 Å². The number of carbonyl (C=O) groups is 1. The van der Waals surface area contributed by atoms with Crippen molar-refractivity contribution in [3.8, 4) is 0 Å². The largest absolute Gasteiger partial charge is 0.325 e. The molecule has 0 aliphatic carbocycles. The standard InChI is InChI=1S/C19H18Cl2N4O2S/c1-11-10-28-19-23-15(8-17(26)25(11)19)9-24-4-2-3-16(24)18(27)22-14-6-12(20)5-13(21)7-14/h5-8,10,16H,2-4,9H2,1H3,(H,22,27). The Kier molecular flexibility index (Phi) is 5.42. The lowest BCUT2D eigenvalue weighted by molar-refractivity contribution is -0.120. The second kappa shape index (κ2) is 7.83. The Balaban J connectivity index is 1.52. The van der Waals surface area contributed by atoms with Crippen LogP contribution in [0.5, 0.6) is 0 Å². The molecule has 1 unspecified atom stereocenters. The van der Waals surface area contributed by atoms with Gasteiger partial charge in [-0.15, -0.1) is 11.3 Å². The van der Waals surface area contributed by atoms with Crippen LogP contribution >= 0.6 is 34.5 Å². The van der Waals surface area contributed by atoms with Gasteiger partial charge in [-0.3, -0.25) is 18.9 Å². The molecule has 1 aromatic carbocycles. The number of likely N-dealkylation sites (tertiary alicyclic amines) is 1. The SMILES string of the molecule is Cc1csc2nc(CN3CCCC3C(=O)Nc3cc(Cl)cc(Cl)c3)cc(=O)n12. The van der Waals surface area contributed by atoms with Crippen molar-refractivity contribution >= 4 is 51.1 Å². The molecule has 1 saturated heterocycles. The number of hydrogen-bond donors (Lipinski definition) is 1. The van der Waals surface area contributed by atoms with Gasteiger partial charge in [0.05, 0.1) is 11.7 Å². The highest BCUT2D eigenvalue weighted by molar-refractivity contribution is 7.15. The van der Waals surface area contributed by atoms with Crippen molar-refractivity contribution < 1.29 is 4.79 Å². The molecule has 146 valence electrons. The van der Waals surface area contributed by atoms with Gasteiger partial charge in [0.2, 0.25) is 5.91 Å². The van der Waals surface area contributed by atoms with E-state index in [-0.39, 0.29) is 17.5 Å². The highest BCUT2D eigenvalue weighted by Crippen LogP contribution is 2.25. The molecule has 0 bridgehead atoms. The van der Waals surface area contributed by atoms with Gasteiger partial charge >= 0.3 is 0 Å². The first kappa shape index (κ1) is 19.4. The zero-order chi connectivity index (χ0) is 19.8. The van der Waals surface area contributed by atoms with Crippen molar-refractivity contribution in [1.82, 2.24) is 14.3 Å². The lowest BCUT2D eigenvalue weighted by Crippen LogP contribution is -2.39. The predicted octanol–water partition coefficient (Wildman–Crippen LogP) is 3.97. The molecule has 1 aliphatic rings. The van der Waals surface area contributed by atoms with E-state index in [1.165, 1.54) is 11.3 Å². The smallest absolute Gasteiger partial charge is 0.259 e. The minimum atomic E-state index is -0.289. The topological polar surface area (TPSA) is 66.7 Å². The Hall–Kier alpha value is -1.93. The van der Waals surface area contributed by atoms with Crippen molar-refractivity contribution in [2.24, 2.45) is 0 Å². The molecule has 3 heterocycles. The van der Waals surface area contributed by atoms with E-state index in [1.807, 2.05) is 12.3 Å². The summed E-state index contributed by atoms with van der Waals surface area (Å²) in [5.41, 5.74) is 2.04. The highest BCUT2D eigenvalue weighted by atomic mass is 35.5. The van der Waals surface area contributed by atoms with Crippen molar-refractivity contribution in [3.05, 3.63) is 61.4 Å². The van der Waals surface area contributed by atoms with Crippen LogP contribution in [-0.4, -0.2) is 32.8 Å².